The number of ether oxygens (including phenoxy) is 1. The molecule has 2 rings (SSSR count). The Labute approximate surface area is 140 Å². The summed E-state index contributed by atoms with van der Waals surface area (Å²) in [7, 11) is 0. The predicted molar refractivity (Wildman–Crippen MR) is 97.6 cm³/mol. The monoisotopic (exact) mass is 309 g/mol. The van der Waals surface area contributed by atoms with Gasteiger partial charge in [0.1, 0.15) is 6.10 Å². The predicted octanol–water partition coefficient (Wildman–Crippen LogP) is 4.69. The van der Waals surface area contributed by atoms with Crippen molar-refractivity contribution in [3.8, 4) is 0 Å². The number of nitrogens with zero attached hydrogens (tertiary/aromatic N) is 1. The summed E-state index contributed by atoms with van der Waals surface area (Å²) >= 11 is 0. The van der Waals surface area contributed by atoms with E-state index in [1.807, 2.05) is 18.2 Å². The summed E-state index contributed by atoms with van der Waals surface area (Å²) in [6.07, 6.45) is 1.94. The molecule has 0 bridgehead atoms. The molecule has 2 heteroatoms. The van der Waals surface area contributed by atoms with Crippen LogP contribution in [0.5, 0.6) is 0 Å². The highest BCUT2D eigenvalue weighted by atomic mass is 16.5. The molecule has 0 saturated carbocycles. The Bertz CT molecular complexity index is 523. The van der Waals surface area contributed by atoms with E-state index in [1.165, 1.54) is 11.1 Å². The van der Waals surface area contributed by atoms with E-state index >= 15 is 0 Å². The van der Waals surface area contributed by atoms with E-state index in [9.17, 15) is 0 Å². The minimum atomic E-state index is -0.0459. The summed E-state index contributed by atoms with van der Waals surface area (Å²) in [6, 6.07) is 21.0. The Morgan fingerprint density at radius 3 is 1.78 bits per heavy atom. The standard InChI is InChI=1S/C21H27NO/c1-4-20(22(5-2)6-3)17-23-21(18-13-9-7-10-14-18)19-15-11-8-12-16-19/h4,7-16,20-21H,1,5-6,17H2,2-3H3/t20-/m1/s1. The van der Waals surface area contributed by atoms with Gasteiger partial charge in [-0.2, -0.15) is 0 Å². The van der Waals surface area contributed by atoms with E-state index in [4.69, 9.17) is 4.74 Å². The topological polar surface area (TPSA) is 12.5 Å². The summed E-state index contributed by atoms with van der Waals surface area (Å²) in [5.74, 6) is 0. The van der Waals surface area contributed by atoms with Gasteiger partial charge in [0.05, 0.1) is 12.6 Å². The van der Waals surface area contributed by atoms with Gasteiger partial charge in [0, 0.05) is 0 Å². The second-order valence-corrected chi connectivity index (χ2v) is 5.56. The van der Waals surface area contributed by atoms with E-state index in [0.29, 0.717) is 6.61 Å². The lowest BCUT2D eigenvalue weighted by molar-refractivity contribution is 0.0420. The SMILES string of the molecule is C=C[C@H](COC(c1ccccc1)c1ccccc1)N(CC)CC. The van der Waals surface area contributed by atoms with Crippen molar-refractivity contribution in [2.24, 2.45) is 0 Å². The maximum Gasteiger partial charge on any atom is 0.108 e. The van der Waals surface area contributed by atoms with Crippen molar-refractivity contribution in [3.05, 3.63) is 84.4 Å². The molecule has 0 amide bonds. The molecule has 0 saturated heterocycles. The van der Waals surface area contributed by atoms with Gasteiger partial charge in [0.2, 0.25) is 0 Å². The van der Waals surface area contributed by atoms with E-state index in [0.717, 1.165) is 13.1 Å². The van der Waals surface area contributed by atoms with Gasteiger partial charge < -0.3 is 4.74 Å². The van der Waals surface area contributed by atoms with Crippen LogP contribution in [0.4, 0.5) is 0 Å². The number of benzene rings is 2. The van der Waals surface area contributed by atoms with E-state index in [-0.39, 0.29) is 12.1 Å². The van der Waals surface area contributed by atoms with Gasteiger partial charge in [0.15, 0.2) is 0 Å². The third kappa shape index (κ3) is 4.78. The van der Waals surface area contributed by atoms with Crippen LogP contribution in [0.3, 0.4) is 0 Å². The van der Waals surface area contributed by atoms with Crippen molar-refractivity contribution in [2.75, 3.05) is 19.7 Å². The number of rotatable bonds is 9. The van der Waals surface area contributed by atoms with Crippen molar-refractivity contribution in [1.82, 2.24) is 4.90 Å². The highest BCUT2D eigenvalue weighted by molar-refractivity contribution is 5.29. The molecule has 0 heterocycles. The van der Waals surface area contributed by atoms with Crippen LogP contribution in [0.2, 0.25) is 0 Å². The fourth-order valence-electron chi connectivity index (χ4n) is 2.85. The molecule has 0 unspecified atom stereocenters. The number of hydrogen-bond donors (Lipinski definition) is 0. The molecule has 2 aromatic rings. The van der Waals surface area contributed by atoms with Gasteiger partial charge in [-0.3, -0.25) is 4.90 Å². The number of likely N-dealkylation sites (N-methyl/N-ethyl adjacent to an activating group) is 1. The lowest BCUT2D eigenvalue weighted by Gasteiger charge is -2.29. The molecule has 0 aromatic heterocycles. The Morgan fingerprint density at radius 1 is 0.913 bits per heavy atom. The Balaban J connectivity index is 2.17. The zero-order chi connectivity index (χ0) is 16.5. The van der Waals surface area contributed by atoms with Crippen LogP contribution >= 0.6 is 0 Å². The zero-order valence-electron chi connectivity index (χ0n) is 14.2. The van der Waals surface area contributed by atoms with Crippen LogP contribution in [-0.2, 0) is 4.74 Å². The van der Waals surface area contributed by atoms with Crippen molar-refractivity contribution in [3.63, 3.8) is 0 Å². The van der Waals surface area contributed by atoms with Gasteiger partial charge in [0.25, 0.3) is 0 Å². The molecular formula is C21H27NO. The zero-order valence-corrected chi connectivity index (χ0v) is 14.2. The van der Waals surface area contributed by atoms with E-state index in [2.05, 4.69) is 73.9 Å². The van der Waals surface area contributed by atoms with Crippen LogP contribution in [0.15, 0.2) is 73.3 Å². The molecule has 2 aromatic carbocycles. The third-order valence-corrected chi connectivity index (χ3v) is 4.19. The maximum absolute atomic E-state index is 6.34. The van der Waals surface area contributed by atoms with Crippen LogP contribution in [0.1, 0.15) is 31.1 Å². The Kier molecular flexibility index (Phi) is 7.05. The third-order valence-electron chi connectivity index (χ3n) is 4.19. The quantitative estimate of drug-likeness (QED) is 0.623. The van der Waals surface area contributed by atoms with Crippen molar-refractivity contribution in [1.29, 1.82) is 0 Å². The molecule has 122 valence electrons. The summed E-state index contributed by atoms with van der Waals surface area (Å²) in [5, 5.41) is 0. The van der Waals surface area contributed by atoms with Crippen molar-refractivity contribution < 1.29 is 4.74 Å². The van der Waals surface area contributed by atoms with Crippen molar-refractivity contribution in [2.45, 2.75) is 26.0 Å². The molecule has 23 heavy (non-hydrogen) atoms. The molecule has 0 N–H and O–H groups in total. The van der Waals surface area contributed by atoms with Crippen LogP contribution in [-0.4, -0.2) is 30.6 Å². The molecule has 0 aliphatic heterocycles. The molecule has 0 aliphatic carbocycles. The summed E-state index contributed by atoms with van der Waals surface area (Å²) in [4.78, 5) is 2.36. The molecule has 0 spiro atoms. The summed E-state index contributed by atoms with van der Waals surface area (Å²) in [6.45, 7) is 11.0. The first-order valence-electron chi connectivity index (χ1n) is 8.38. The normalized spacial score (nSPS) is 12.5. The minimum Gasteiger partial charge on any atom is -0.367 e. The maximum atomic E-state index is 6.34. The first-order chi connectivity index (χ1) is 11.3. The molecule has 0 fully saturated rings. The lowest BCUT2D eigenvalue weighted by atomic mass is 10.0. The highest BCUT2D eigenvalue weighted by Crippen LogP contribution is 2.26. The largest absolute Gasteiger partial charge is 0.367 e. The van der Waals surface area contributed by atoms with E-state index in [1.54, 1.807) is 0 Å². The van der Waals surface area contributed by atoms with Crippen LogP contribution in [0, 0.1) is 0 Å². The fourth-order valence-corrected chi connectivity index (χ4v) is 2.85. The van der Waals surface area contributed by atoms with Gasteiger partial charge in [-0.15, -0.1) is 6.58 Å². The fraction of sp³-hybridized carbons (Fsp3) is 0.333. The van der Waals surface area contributed by atoms with Crippen molar-refractivity contribution >= 4 is 0 Å². The average Bonchev–Trinajstić information content (AvgIpc) is 2.63. The van der Waals surface area contributed by atoms with Crippen LogP contribution in [0.25, 0.3) is 0 Å². The first-order valence-corrected chi connectivity index (χ1v) is 8.38. The lowest BCUT2D eigenvalue weighted by Crippen LogP contribution is -2.37. The second-order valence-electron chi connectivity index (χ2n) is 5.56. The Hall–Kier alpha value is -1.90. The van der Waals surface area contributed by atoms with Crippen LogP contribution < -0.4 is 0 Å². The second kappa shape index (κ2) is 9.29. The van der Waals surface area contributed by atoms with Gasteiger partial charge in [-0.25, -0.2) is 0 Å². The van der Waals surface area contributed by atoms with E-state index < -0.39 is 0 Å². The highest BCUT2D eigenvalue weighted by Gasteiger charge is 2.18. The average molecular weight is 309 g/mol. The van der Waals surface area contributed by atoms with Gasteiger partial charge in [-0.1, -0.05) is 80.6 Å². The molecule has 0 aliphatic rings. The molecule has 2 nitrogen and oxygen atoms in total. The minimum absolute atomic E-state index is 0.0459. The Morgan fingerprint density at radius 2 is 1.39 bits per heavy atom. The smallest absolute Gasteiger partial charge is 0.108 e. The molecule has 0 radical (unpaired) electrons. The molecule has 1 atom stereocenters. The molecular weight excluding hydrogens is 282 g/mol. The summed E-state index contributed by atoms with van der Waals surface area (Å²) < 4.78 is 6.34. The van der Waals surface area contributed by atoms with Gasteiger partial charge in [-0.05, 0) is 24.2 Å². The first kappa shape index (κ1) is 17.5. The number of hydrogen-bond acceptors (Lipinski definition) is 2. The van der Waals surface area contributed by atoms with Gasteiger partial charge >= 0.3 is 0 Å². The summed E-state index contributed by atoms with van der Waals surface area (Å²) in [5.41, 5.74) is 2.36.